The maximum Gasteiger partial charge on any atom is 0.329 e. The Labute approximate surface area is 123 Å². The zero-order chi connectivity index (χ0) is 15.1. The van der Waals surface area contributed by atoms with E-state index >= 15 is 0 Å². The minimum atomic E-state index is -0.294. The summed E-state index contributed by atoms with van der Waals surface area (Å²) in [5.74, 6) is 0. The van der Waals surface area contributed by atoms with Gasteiger partial charge in [0.2, 0.25) is 0 Å². The molecule has 1 atom stereocenters. The lowest BCUT2D eigenvalue weighted by Crippen LogP contribution is -2.39. The van der Waals surface area contributed by atoms with E-state index < -0.39 is 0 Å². The Morgan fingerprint density at radius 1 is 1.29 bits per heavy atom. The van der Waals surface area contributed by atoms with E-state index in [0.29, 0.717) is 16.9 Å². The van der Waals surface area contributed by atoms with Gasteiger partial charge < -0.3 is 4.98 Å². The highest BCUT2D eigenvalue weighted by atomic mass is 16.2. The summed E-state index contributed by atoms with van der Waals surface area (Å²) < 4.78 is 1.41. The number of fused-ring (bicyclic) bond motifs is 1. The number of benzene rings is 1. The van der Waals surface area contributed by atoms with Gasteiger partial charge in [0.1, 0.15) is 0 Å². The Kier molecular flexibility index (Phi) is 3.45. The monoisotopic (exact) mass is 287 g/mol. The second-order valence-electron chi connectivity index (χ2n) is 6.13. The van der Waals surface area contributed by atoms with Crippen molar-refractivity contribution in [3.8, 4) is 0 Å². The van der Waals surface area contributed by atoms with Crippen molar-refractivity contribution < 1.29 is 0 Å². The molecule has 1 aromatic heterocycles. The fourth-order valence-electron chi connectivity index (χ4n) is 3.18. The van der Waals surface area contributed by atoms with Gasteiger partial charge in [-0.15, -0.1) is 0 Å². The van der Waals surface area contributed by atoms with E-state index in [0.717, 1.165) is 25.1 Å². The largest absolute Gasteiger partial charge is 0.329 e. The Morgan fingerprint density at radius 3 is 2.71 bits per heavy atom. The first-order chi connectivity index (χ1) is 9.99. The molecule has 2 aromatic rings. The van der Waals surface area contributed by atoms with Crippen molar-refractivity contribution in [3.63, 3.8) is 0 Å². The van der Waals surface area contributed by atoms with Gasteiger partial charge in [0.05, 0.1) is 16.9 Å². The van der Waals surface area contributed by atoms with Gasteiger partial charge >= 0.3 is 5.69 Å². The van der Waals surface area contributed by atoms with Crippen LogP contribution in [-0.2, 0) is 0 Å². The van der Waals surface area contributed by atoms with Gasteiger partial charge in [-0.05, 0) is 38.8 Å². The van der Waals surface area contributed by atoms with Crippen molar-refractivity contribution in [1.82, 2.24) is 14.5 Å². The molecule has 1 saturated heterocycles. The van der Waals surface area contributed by atoms with Crippen molar-refractivity contribution in [2.24, 2.45) is 0 Å². The van der Waals surface area contributed by atoms with Crippen molar-refractivity contribution in [1.29, 1.82) is 0 Å². The van der Waals surface area contributed by atoms with E-state index in [1.54, 1.807) is 6.07 Å². The average molecular weight is 287 g/mol. The third-order valence-corrected chi connectivity index (χ3v) is 4.46. The van der Waals surface area contributed by atoms with Gasteiger partial charge in [0, 0.05) is 19.1 Å². The molecule has 0 amide bonds. The summed E-state index contributed by atoms with van der Waals surface area (Å²) >= 11 is 0. The highest BCUT2D eigenvalue weighted by Gasteiger charge is 2.28. The van der Waals surface area contributed by atoms with Crippen LogP contribution in [0.25, 0.3) is 10.9 Å². The summed E-state index contributed by atoms with van der Waals surface area (Å²) in [6.45, 7) is 7.87. The molecule has 0 saturated carbocycles. The number of H-pyrrole nitrogens is 1. The summed E-state index contributed by atoms with van der Waals surface area (Å²) in [6, 6.07) is 5.95. The molecule has 1 fully saturated rings. The molecule has 5 nitrogen and oxygen atoms in total. The molecule has 5 heteroatoms. The van der Waals surface area contributed by atoms with Crippen molar-refractivity contribution >= 4 is 10.9 Å². The lowest BCUT2D eigenvalue weighted by molar-refractivity contribution is 0.263. The molecule has 1 unspecified atom stereocenters. The van der Waals surface area contributed by atoms with Crippen LogP contribution in [0.5, 0.6) is 0 Å². The first-order valence-electron chi connectivity index (χ1n) is 7.47. The second kappa shape index (κ2) is 5.15. The van der Waals surface area contributed by atoms with E-state index in [-0.39, 0.29) is 17.3 Å². The van der Waals surface area contributed by atoms with Crippen molar-refractivity contribution in [3.05, 3.63) is 44.6 Å². The number of aromatic nitrogens is 2. The molecule has 0 radical (unpaired) electrons. The molecule has 2 heterocycles. The van der Waals surface area contributed by atoms with Crippen LogP contribution in [0.1, 0.15) is 31.9 Å². The van der Waals surface area contributed by atoms with Crippen LogP contribution in [0.15, 0.2) is 27.8 Å². The predicted octanol–water partition coefficient (Wildman–Crippen LogP) is 1.65. The Morgan fingerprint density at radius 2 is 2.05 bits per heavy atom. The lowest BCUT2D eigenvalue weighted by Gasteiger charge is -2.20. The van der Waals surface area contributed by atoms with E-state index in [2.05, 4.69) is 23.7 Å². The SMILES string of the molecule is Cc1cccc2c(=O)n(C3CCN(C(C)C)C3)c(=O)[nH]c12. The number of likely N-dealkylation sites (tertiary alicyclic amines) is 1. The zero-order valence-electron chi connectivity index (χ0n) is 12.7. The molecule has 112 valence electrons. The number of nitrogens with one attached hydrogen (secondary N) is 1. The average Bonchev–Trinajstić information content (AvgIpc) is 2.90. The molecule has 1 aliphatic heterocycles. The van der Waals surface area contributed by atoms with E-state index in [1.165, 1.54) is 4.57 Å². The summed E-state index contributed by atoms with van der Waals surface area (Å²) in [4.78, 5) is 30.2. The second-order valence-corrected chi connectivity index (χ2v) is 6.13. The number of aromatic amines is 1. The molecular formula is C16H21N3O2. The van der Waals surface area contributed by atoms with Crippen LogP contribution in [0.3, 0.4) is 0 Å². The smallest absolute Gasteiger partial charge is 0.306 e. The summed E-state index contributed by atoms with van der Waals surface area (Å²) in [5, 5.41) is 0.595. The molecule has 0 bridgehead atoms. The highest BCUT2D eigenvalue weighted by Crippen LogP contribution is 2.21. The fraction of sp³-hybridized carbons (Fsp3) is 0.500. The molecule has 0 aliphatic carbocycles. The molecule has 3 rings (SSSR count). The zero-order valence-corrected chi connectivity index (χ0v) is 12.7. The van der Waals surface area contributed by atoms with Gasteiger partial charge in [0.15, 0.2) is 0 Å². The van der Waals surface area contributed by atoms with Crippen LogP contribution in [0.2, 0.25) is 0 Å². The number of rotatable bonds is 2. The first kappa shape index (κ1) is 14.1. The summed E-state index contributed by atoms with van der Waals surface area (Å²) in [5.41, 5.74) is 1.11. The number of nitrogens with zero attached hydrogens (tertiary/aromatic N) is 2. The first-order valence-corrected chi connectivity index (χ1v) is 7.47. The maximum absolute atomic E-state index is 12.7. The minimum absolute atomic E-state index is 0.0337. The summed E-state index contributed by atoms with van der Waals surface area (Å²) in [7, 11) is 0. The topological polar surface area (TPSA) is 58.1 Å². The summed E-state index contributed by atoms with van der Waals surface area (Å²) in [6.07, 6.45) is 0.846. The van der Waals surface area contributed by atoms with Crippen LogP contribution in [-0.4, -0.2) is 33.6 Å². The molecule has 0 spiro atoms. The highest BCUT2D eigenvalue weighted by molar-refractivity contribution is 5.80. The molecular weight excluding hydrogens is 266 g/mol. The number of para-hydroxylation sites is 1. The van der Waals surface area contributed by atoms with Gasteiger partial charge in [-0.2, -0.15) is 0 Å². The van der Waals surface area contributed by atoms with Crippen LogP contribution in [0.4, 0.5) is 0 Å². The van der Waals surface area contributed by atoms with Crippen LogP contribution in [0, 0.1) is 6.92 Å². The minimum Gasteiger partial charge on any atom is -0.306 e. The van der Waals surface area contributed by atoms with E-state index in [1.807, 2.05) is 19.1 Å². The predicted molar refractivity (Wildman–Crippen MR) is 83.9 cm³/mol. The quantitative estimate of drug-likeness (QED) is 0.914. The number of hydrogen-bond acceptors (Lipinski definition) is 3. The van der Waals surface area contributed by atoms with E-state index in [4.69, 9.17) is 0 Å². The molecule has 1 aliphatic rings. The number of aryl methyl sites for hydroxylation is 1. The molecule has 21 heavy (non-hydrogen) atoms. The van der Waals surface area contributed by atoms with Gasteiger partial charge in [-0.25, -0.2) is 4.79 Å². The van der Waals surface area contributed by atoms with Gasteiger partial charge in [-0.3, -0.25) is 14.3 Å². The normalized spacial score (nSPS) is 19.7. The Bertz CT molecular complexity index is 788. The standard InChI is InChI=1S/C16H21N3O2/c1-10(2)18-8-7-12(9-18)19-15(20)13-6-4-5-11(3)14(13)17-16(19)21/h4-6,10,12H,7-9H2,1-3H3,(H,17,21). The third-order valence-electron chi connectivity index (χ3n) is 4.46. The van der Waals surface area contributed by atoms with Crippen LogP contribution < -0.4 is 11.2 Å². The lowest BCUT2D eigenvalue weighted by atomic mass is 10.1. The number of hydrogen-bond donors (Lipinski definition) is 1. The van der Waals surface area contributed by atoms with E-state index in [9.17, 15) is 9.59 Å². The van der Waals surface area contributed by atoms with Crippen molar-refractivity contribution in [2.45, 2.75) is 39.3 Å². The Hall–Kier alpha value is -1.88. The fourth-order valence-corrected chi connectivity index (χ4v) is 3.18. The maximum atomic E-state index is 12.7. The third kappa shape index (κ3) is 2.31. The van der Waals surface area contributed by atoms with Gasteiger partial charge in [0.25, 0.3) is 5.56 Å². The van der Waals surface area contributed by atoms with Gasteiger partial charge in [-0.1, -0.05) is 12.1 Å². The Balaban J connectivity index is 2.13. The molecule has 1 aromatic carbocycles. The molecule has 1 N–H and O–H groups in total. The van der Waals surface area contributed by atoms with Crippen molar-refractivity contribution in [2.75, 3.05) is 13.1 Å². The van der Waals surface area contributed by atoms with Crippen LogP contribution >= 0.6 is 0 Å².